The largest absolute Gasteiger partial charge is 0.465 e. The van der Waals surface area contributed by atoms with Crippen molar-refractivity contribution >= 4 is 25.6 Å². The van der Waals surface area contributed by atoms with E-state index in [4.69, 9.17) is 23.3 Å². The van der Waals surface area contributed by atoms with Gasteiger partial charge in [-0.2, -0.15) is 4.98 Å². The number of nitrogens with zero attached hydrogens (tertiary/aromatic N) is 3. The molecule has 0 saturated carbocycles. The number of aromatic nitrogens is 2. The molecule has 0 radical (unpaired) electrons. The number of carbonyl (C=O) groups is 2. The average molecular weight is 618 g/mol. The lowest BCUT2D eigenvalue weighted by molar-refractivity contribution is -0.145. The van der Waals surface area contributed by atoms with Crippen LogP contribution in [0, 0.1) is 0 Å². The van der Waals surface area contributed by atoms with Crippen molar-refractivity contribution in [2.24, 2.45) is 0 Å². The van der Waals surface area contributed by atoms with Gasteiger partial charge in [-0.1, -0.05) is 32.6 Å². The molecule has 2 aliphatic rings. The molecule has 42 heavy (non-hydrogen) atoms. The summed E-state index contributed by atoms with van der Waals surface area (Å²) in [5.41, 5.74) is -2.67. The van der Waals surface area contributed by atoms with Crippen LogP contribution in [-0.4, -0.2) is 95.9 Å². The Kier molecular flexibility index (Phi) is 12.5. The second-order valence-corrected chi connectivity index (χ2v) is 12.6. The number of anilines is 1. The van der Waals surface area contributed by atoms with Crippen molar-refractivity contribution in [2.45, 2.75) is 89.4 Å². The Morgan fingerprint density at radius 1 is 1.24 bits per heavy atom. The molecule has 2 saturated heterocycles. The van der Waals surface area contributed by atoms with Crippen LogP contribution < -0.4 is 16.1 Å². The zero-order chi connectivity index (χ0) is 30.9. The molecule has 6 atom stereocenters. The van der Waals surface area contributed by atoms with Gasteiger partial charge < -0.3 is 24.2 Å². The first-order chi connectivity index (χ1) is 19.9. The summed E-state index contributed by atoms with van der Waals surface area (Å²) in [4.78, 5) is 43.0. The van der Waals surface area contributed by atoms with Crippen LogP contribution >= 0.6 is 7.75 Å². The van der Waals surface area contributed by atoms with Crippen molar-refractivity contribution in [2.75, 3.05) is 45.8 Å². The van der Waals surface area contributed by atoms with Gasteiger partial charge in [-0.15, -0.1) is 0 Å². The molecule has 1 unspecified atom stereocenters. The highest BCUT2D eigenvalue weighted by Gasteiger charge is 2.60. The predicted molar refractivity (Wildman–Crippen MR) is 152 cm³/mol. The van der Waals surface area contributed by atoms with E-state index in [0.29, 0.717) is 6.42 Å². The van der Waals surface area contributed by atoms with E-state index in [1.165, 1.54) is 26.1 Å². The number of carbonyl (C=O) groups excluding carboxylic acids is 2. The average Bonchev–Trinajstić information content (AvgIpc) is 3.17. The van der Waals surface area contributed by atoms with E-state index in [1.54, 1.807) is 0 Å². The zero-order valence-electron chi connectivity index (χ0n) is 24.9. The molecule has 0 bridgehead atoms. The van der Waals surface area contributed by atoms with Crippen molar-refractivity contribution in [1.29, 1.82) is 0 Å². The molecule has 1 aromatic rings. The van der Waals surface area contributed by atoms with Crippen LogP contribution in [0.3, 0.4) is 0 Å². The van der Waals surface area contributed by atoms with E-state index < -0.39 is 55.6 Å². The summed E-state index contributed by atoms with van der Waals surface area (Å²) >= 11 is 0. The van der Waals surface area contributed by atoms with Crippen molar-refractivity contribution in [3.05, 3.63) is 22.7 Å². The summed E-state index contributed by atoms with van der Waals surface area (Å²) < 4.78 is 41.7. The molecule has 238 valence electrons. The van der Waals surface area contributed by atoms with Gasteiger partial charge in [0.15, 0.2) is 6.23 Å². The van der Waals surface area contributed by atoms with Gasteiger partial charge in [-0.25, -0.2) is 19.2 Å². The van der Waals surface area contributed by atoms with Gasteiger partial charge >= 0.3 is 25.5 Å². The molecule has 0 spiro atoms. The van der Waals surface area contributed by atoms with Gasteiger partial charge in [0.1, 0.15) is 29.7 Å². The van der Waals surface area contributed by atoms with Gasteiger partial charge in [-0.05, 0) is 46.9 Å². The Labute approximate surface area is 245 Å². The van der Waals surface area contributed by atoms with Crippen molar-refractivity contribution in [3.63, 3.8) is 0 Å². The first kappa shape index (κ1) is 34.1. The summed E-state index contributed by atoms with van der Waals surface area (Å²) in [7, 11) is -0.241. The fourth-order valence-corrected chi connectivity index (χ4v) is 6.37. The third kappa shape index (κ3) is 9.30. The van der Waals surface area contributed by atoms with E-state index in [-0.39, 0.29) is 25.6 Å². The van der Waals surface area contributed by atoms with Crippen molar-refractivity contribution in [3.8, 4) is 0 Å². The lowest BCUT2D eigenvalue weighted by Gasteiger charge is -2.36. The number of aliphatic hydroxyl groups is 1. The Morgan fingerprint density at radius 3 is 2.64 bits per heavy atom. The maximum absolute atomic E-state index is 13.3. The maximum atomic E-state index is 13.3. The van der Waals surface area contributed by atoms with Crippen LogP contribution in [0.15, 0.2) is 17.1 Å². The molecule has 2 aliphatic heterocycles. The second-order valence-electron chi connectivity index (χ2n) is 10.9. The summed E-state index contributed by atoms with van der Waals surface area (Å²) in [6.07, 6.45) is 2.87. The highest BCUT2D eigenvalue weighted by Crippen LogP contribution is 2.55. The number of hydrogen-bond donors (Lipinski definition) is 3. The molecular formula is C26H44N5O10P. The molecule has 3 rings (SSSR count). The van der Waals surface area contributed by atoms with Crippen LogP contribution in [0.2, 0.25) is 0 Å². The van der Waals surface area contributed by atoms with E-state index in [2.05, 4.69) is 22.3 Å². The number of amides is 1. The number of hydrogen-bond acceptors (Lipinski definition) is 12. The van der Waals surface area contributed by atoms with Crippen LogP contribution in [0.5, 0.6) is 0 Å². The molecule has 15 nitrogen and oxygen atoms in total. The number of esters is 1. The number of fused-ring (bicyclic) bond motifs is 1. The lowest BCUT2D eigenvalue weighted by Crippen LogP contribution is -2.50. The van der Waals surface area contributed by atoms with Crippen LogP contribution in [-0.2, 0) is 32.6 Å². The van der Waals surface area contributed by atoms with Gasteiger partial charge in [0, 0.05) is 12.7 Å². The lowest BCUT2D eigenvalue weighted by atomic mass is 9.96. The summed E-state index contributed by atoms with van der Waals surface area (Å²) in [5, 5.41) is 16.3. The van der Waals surface area contributed by atoms with Crippen molar-refractivity contribution < 1.29 is 42.5 Å². The van der Waals surface area contributed by atoms with E-state index >= 15 is 0 Å². The first-order valence-corrected chi connectivity index (χ1v) is 15.8. The monoisotopic (exact) mass is 617 g/mol. The Hall–Kier alpha value is -2.39. The fraction of sp³-hybridized carbons (Fsp3) is 0.769. The highest BCUT2D eigenvalue weighted by atomic mass is 31.2. The third-order valence-corrected chi connectivity index (χ3v) is 8.57. The maximum Gasteiger partial charge on any atom is 0.412 e. The number of ether oxygens (including phenoxy) is 3. The molecule has 1 aromatic heterocycles. The molecule has 2 fully saturated rings. The molecule has 0 aliphatic carbocycles. The summed E-state index contributed by atoms with van der Waals surface area (Å²) in [6, 6.07) is 0.350. The van der Waals surface area contributed by atoms with Gasteiger partial charge in [0.05, 0.1) is 19.8 Å². The SMILES string of the molecule is CCCCCCCOC(=O)[C@H](C)NP1(=O)OC[C@H]2O[C@@H](n3ccc(NC(=O)OCCCN(C)C)nc3=O)[C@](C)(O)[C@@H]2O1. The fourth-order valence-electron chi connectivity index (χ4n) is 4.60. The predicted octanol–water partition coefficient (Wildman–Crippen LogP) is 2.41. The zero-order valence-corrected chi connectivity index (χ0v) is 25.8. The minimum atomic E-state index is -4.06. The standard InChI is InChI=1S/C26H44N5O10P/c1-6-7-8-9-10-15-37-22(32)18(2)29-42(36)39-17-19-21(41-42)26(3,35)23(40-19)31-14-12-20(27-24(31)33)28-25(34)38-16-11-13-30(4)5/h12,14,18-19,21,23,35H,6-11,13,15-17H2,1-5H3,(H,29,36)(H,27,28,33,34)/t18-,19+,21+,23+,26+,42?/m0/s1. The second kappa shape index (κ2) is 15.4. The van der Waals surface area contributed by atoms with E-state index in [0.717, 1.165) is 43.2 Å². The molecular weight excluding hydrogens is 573 g/mol. The summed E-state index contributed by atoms with van der Waals surface area (Å²) in [6.45, 7) is 5.93. The molecule has 16 heteroatoms. The minimum absolute atomic E-state index is 0.0426. The topological polar surface area (TPSA) is 180 Å². The quantitative estimate of drug-likeness (QED) is 0.148. The number of nitrogens with one attached hydrogen (secondary N) is 2. The van der Waals surface area contributed by atoms with Crippen LogP contribution in [0.4, 0.5) is 10.6 Å². The Bertz CT molecular complexity index is 1160. The normalized spacial score (nSPS) is 27.8. The molecule has 3 N–H and O–H groups in total. The highest BCUT2D eigenvalue weighted by molar-refractivity contribution is 7.51. The third-order valence-electron chi connectivity index (χ3n) is 6.87. The Morgan fingerprint density at radius 2 is 1.95 bits per heavy atom. The smallest absolute Gasteiger partial charge is 0.412 e. The van der Waals surface area contributed by atoms with E-state index in [1.807, 2.05) is 19.0 Å². The minimum Gasteiger partial charge on any atom is -0.465 e. The molecule has 3 heterocycles. The van der Waals surface area contributed by atoms with Gasteiger partial charge in [0.2, 0.25) is 0 Å². The first-order valence-electron chi connectivity index (χ1n) is 14.3. The van der Waals surface area contributed by atoms with Crippen LogP contribution in [0.25, 0.3) is 0 Å². The van der Waals surface area contributed by atoms with Crippen molar-refractivity contribution in [1.82, 2.24) is 19.5 Å². The molecule has 0 aromatic carbocycles. The Balaban J connectivity index is 1.57. The summed E-state index contributed by atoms with van der Waals surface area (Å²) in [5.74, 6) is -0.648. The van der Waals surface area contributed by atoms with Crippen LogP contribution in [0.1, 0.15) is 65.5 Å². The van der Waals surface area contributed by atoms with Gasteiger partial charge in [-0.3, -0.25) is 23.7 Å². The number of rotatable bonds is 15. The van der Waals surface area contributed by atoms with Gasteiger partial charge in [0.25, 0.3) is 0 Å². The number of unbranched alkanes of at least 4 members (excludes halogenated alkanes) is 4. The molecule has 1 amide bonds. The van der Waals surface area contributed by atoms with E-state index in [9.17, 15) is 24.1 Å².